The zero-order chi connectivity index (χ0) is 11.4. The van der Waals surface area contributed by atoms with Crippen LogP contribution in [0.25, 0.3) is 0 Å². The van der Waals surface area contributed by atoms with Crippen molar-refractivity contribution in [3.05, 3.63) is 35.9 Å². The first kappa shape index (κ1) is 11.6. The molecule has 0 aliphatic carbocycles. The second-order valence-corrected chi connectivity index (χ2v) is 4.62. The first-order valence-corrected chi connectivity index (χ1v) is 5.90. The predicted octanol–water partition coefficient (Wildman–Crippen LogP) is 0.686. The van der Waals surface area contributed by atoms with Gasteiger partial charge in [-0.05, 0) is 23.9 Å². The Morgan fingerprint density at radius 1 is 1.19 bits per heavy atom. The van der Waals surface area contributed by atoms with Gasteiger partial charge in [0.25, 0.3) is 0 Å². The lowest BCUT2D eigenvalue weighted by atomic mass is 9.97. The van der Waals surface area contributed by atoms with Crippen LogP contribution in [0, 0.1) is 11.8 Å². The summed E-state index contributed by atoms with van der Waals surface area (Å²) < 4.78 is 0. The monoisotopic (exact) mass is 220 g/mol. The van der Waals surface area contributed by atoms with Crippen molar-refractivity contribution < 1.29 is 5.11 Å². The van der Waals surface area contributed by atoms with Gasteiger partial charge in [-0.3, -0.25) is 4.90 Å². The molecule has 1 aliphatic rings. The van der Waals surface area contributed by atoms with E-state index in [0.717, 1.165) is 19.6 Å². The summed E-state index contributed by atoms with van der Waals surface area (Å²) in [6, 6.07) is 10.4. The van der Waals surface area contributed by atoms with E-state index in [2.05, 4.69) is 29.2 Å². The van der Waals surface area contributed by atoms with Crippen molar-refractivity contribution in [2.75, 3.05) is 26.2 Å². The molecule has 0 saturated carbocycles. The van der Waals surface area contributed by atoms with Gasteiger partial charge in [0.1, 0.15) is 0 Å². The van der Waals surface area contributed by atoms with Crippen molar-refractivity contribution in [2.45, 2.75) is 6.54 Å². The molecule has 1 saturated heterocycles. The Hall–Kier alpha value is -0.900. The van der Waals surface area contributed by atoms with E-state index >= 15 is 0 Å². The molecule has 2 atom stereocenters. The third kappa shape index (κ3) is 2.61. The van der Waals surface area contributed by atoms with E-state index in [1.165, 1.54) is 5.56 Å². The third-order valence-corrected chi connectivity index (χ3v) is 3.44. The van der Waals surface area contributed by atoms with Gasteiger partial charge >= 0.3 is 0 Å². The summed E-state index contributed by atoms with van der Waals surface area (Å²) in [5.74, 6) is 0.808. The van der Waals surface area contributed by atoms with E-state index < -0.39 is 0 Å². The van der Waals surface area contributed by atoms with Crippen LogP contribution >= 0.6 is 0 Å². The average Bonchev–Trinajstić information content (AvgIpc) is 2.72. The van der Waals surface area contributed by atoms with Crippen LogP contribution < -0.4 is 5.73 Å². The summed E-state index contributed by atoms with van der Waals surface area (Å²) in [6.45, 7) is 3.88. The lowest BCUT2D eigenvalue weighted by molar-refractivity contribution is 0.202. The highest BCUT2D eigenvalue weighted by Gasteiger charge is 2.30. The summed E-state index contributed by atoms with van der Waals surface area (Å²) in [5, 5.41) is 9.27. The number of likely N-dealkylation sites (tertiary alicyclic amines) is 1. The van der Waals surface area contributed by atoms with Crippen molar-refractivity contribution in [3.63, 3.8) is 0 Å². The third-order valence-electron chi connectivity index (χ3n) is 3.44. The van der Waals surface area contributed by atoms with E-state index in [1.807, 2.05) is 6.07 Å². The van der Waals surface area contributed by atoms with E-state index in [-0.39, 0.29) is 6.61 Å². The molecule has 3 N–H and O–H groups in total. The number of rotatable bonds is 4. The molecule has 1 fully saturated rings. The summed E-state index contributed by atoms with van der Waals surface area (Å²) in [4.78, 5) is 2.38. The van der Waals surface area contributed by atoms with Gasteiger partial charge in [0, 0.05) is 26.2 Å². The van der Waals surface area contributed by atoms with Crippen LogP contribution in [-0.2, 0) is 6.54 Å². The SMILES string of the molecule is NC[C@H]1CN(Cc2ccccc2)C[C@H]1CO. The molecule has 3 heteroatoms. The molecule has 2 rings (SSSR count). The summed E-state index contributed by atoms with van der Waals surface area (Å²) in [7, 11) is 0. The molecular weight excluding hydrogens is 200 g/mol. The number of nitrogens with zero attached hydrogens (tertiary/aromatic N) is 1. The smallest absolute Gasteiger partial charge is 0.0475 e. The fraction of sp³-hybridized carbons (Fsp3) is 0.538. The largest absolute Gasteiger partial charge is 0.396 e. The quantitative estimate of drug-likeness (QED) is 0.784. The Kier molecular flexibility index (Phi) is 3.93. The van der Waals surface area contributed by atoms with Crippen LogP contribution in [0.4, 0.5) is 0 Å². The number of aliphatic hydroxyl groups excluding tert-OH is 1. The Balaban J connectivity index is 1.93. The zero-order valence-corrected chi connectivity index (χ0v) is 9.55. The van der Waals surface area contributed by atoms with Crippen LogP contribution in [0.15, 0.2) is 30.3 Å². The summed E-state index contributed by atoms with van der Waals surface area (Å²) in [5.41, 5.74) is 7.05. The first-order chi connectivity index (χ1) is 7.83. The van der Waals surface area contributed by atoms with Crippen molar-refractivity contribution in [2.24, 2.45) is 17.6 Å². The van der Waals surface area contributed by atoms with Crippen molar-refractivity contribution in [3.8, 4) is 0 Å². The molecule has 16 heavy (non-hydrogen) atoms. The molecule has 1 heterocycles. The van der Waals surface area contributed by atoms with Crippen LogP contribution in [0.1, 0.15) is 5.56 Å². The molecule has 0 aromatic heterocycles. The second kappa shape index (κ2) is 5.43. The Morgan fingerprint density at radius 3 is 2.44 bits per heavy atom. The van der Waals surface area contributed by atoms with E-state index in [9.17, 15) is 5.11 Å². The first-order valence-electron chi connectivity index (χ1n) is 5.90. The molecule has 0 radical (unpaired) electrons. The van der Waals surface area contributed by atoms with Crippen molar-refractivity contribution in [1.82, 2.24) is 4.90 Å². The number of nitrogens with two attached hydrogens (primary N) is 1. The molecule has 3 nitrogen and oxygen atoms in total. The molecule has 1 aromatic carbocycles. The van der Waals surface area contributed by atoms with Gasteiger partial charge in [-0.25, -0.2) is 0 Å². The number of aliphatic hydroxyl groups is 1. The topological polar surface area (TPSA) is 49.5 Å². The number of hydrogen-bond donors (Lipinski definition) is 2. The minimum atomic E-state index is 0.257. The maximum Gasteiger partial charge on any atom is 0.0475 e. The normalized spacial score (nSPS) is 26.1. The number of benzene rings is 1. The molecule has 0 unspecified atom stereocenters. The van der Waals surface area contributed by atoms with Gasteiger partial charge in [0.2, 0.25) is 0 Å². The minimum Gasteiger partial charge on any atom is -0.396 e. The lowest BCUT2D eigenvalue weighted by Gasteiger charge is -2.15. The zero-order valence-electron chi connectivity index (χ0n) is 9.55. The fourth-order valence-corrected chi connectivity index (χ4v) is 2.48. The van der Waals surface area contributed by atoms with Gasteiger partial charge in [0.05, 0.1) is 0 Å². The molecule has 0 bridgehead atoms. The van der Waals surface area contributed by atoms with Crippen molar-refractivity contribution in [1.29, 1.82) is 0 Å². The maximum atomic E-state index is 9.27. The average molecular weight is 220 g/mol. The molecule has 0 amide bonds. The van der Waals surface area contributed by atoms with Crippen LogP contribution in [0.3, 0.4) is 0 Å². The number of hydrogen-bond acceptors (Lipinski definition) is 3. The highest BCUT2D eigenvalue weighted by Crippen LogP contribution is 2.23. The van der Waals surface area contributed by atoms with Crippen LogP contribution in [-0.4, -0.2) is 36.2 Å². The Labute approximate surface area is 96.9 Å². The summed E-state index contributed by atoms with van der Waals surface area (Å²) >= 11 is 0. The standard InChI is InChI=1S/C13H20N2O/c14-6-12-8-15(9-13(12)10-16)7-11-4-2-1-3-5-11/h1-5,12-13,16H,6-10,14H2/t12-,13-/m0/s1. The molecule has 0 spiro atoms. The van der Waals surface area contributed by atoms with E-state index in [4.69, 9.17) is 5.73 Å². The maximum absolute atomic E-state index is 9.27. The van der Waals surface area contributed by atoms with E-state index in [0.29, 0.717) is 18.4 Å². The van der Waals surface area contributed by atoms with E-state index in [1.54, 1.807) is 0 Å². The molecular formula is C13H20N2O. The highest BCUT2D eigenvalue weighted by atomic mass is 16.3. The van der Waals surface area contributed by atoms with Gasteiger partial charge in [-0.1, -0.05) is 30.3 Å². The minimum absolute atomic E-state index is 0.257. The molecule has 88 valence electrons. The van der Waals surface area contributed by atoms with Gasteiger partial charge < -0.3 is 10.8 Å². The van der Waals surface area contributed by atoms with Gasteiger partial charge in [0.15, 0.2) is 0 Å². The van der Waals surface area contributed by atoms with Crippen LogP contribution in [0.2, 0.25) is 0 Å². The molecule has 1 aromatic rings. The van der Waals surface area contributed by atoms with Crippen molar-refractivity contribution >= 4 is 0 Å². The van der Waals surface area contributed by atoms with Crippen LogP contribution in [0.5, 0.6) is 0 Å². The lowest BCUT2D eigenvalue weighted by Crippen LogP contribution is -2.24. The Bertz CT molecular complexity index is 303. The molecule has 1 aliphatic heterocycles. The Morgan fingerprint density at radius 2 is 1.88 bits per heavy atom. The second-order valence-electron chi connectivity index (χ2n) is 4.62. The highest BCUT2D eigenvalue weighted by molar-refractivity contribution is 5.14. The fourth-order valence-electron chi connectivity index (χ4n) is 2.48. The predicted molar refractivity (Wildman–Crippen MR) is 64.8 cm³/mol. The van der Waals surface area contributed by atoms with Gasteiger partial charge in [-0.2, -0.15) is 0 Å². The van der Waals surface area contributed by atoms with Gasteiger partial charge in [-0.15, -0.1) is 0 Å². The summed E-state index contributed by atoms with van der Waals surface area (Å²) in [6.07, 6.45) is 0.